The van der Waals surface area contributed by atoms with Gasteiger partial charge in [-0.25, -0.2) is 9.97 Å². The monoisotopic (exact) mass is 286 g/mol. The molecule has 110 valence electrons. The van der Waals surface area contributed by atoms with Crippen molar-refractivity contribution >= 4 is 17.3 Å². The smallest absolute Gasteiger partial charge is 0.231 e. The molecule has 0 radical (unpaired) electrons. The maximum atomic E-state index is 5.36. The van der Waals surface area contributed by atoms with Crippen LogP contribution in [0.25, 0.3) is 0 Å². The highest BCUT2D eigenvalue weighted by molar-refractivity contribution is 5.63. The Labute approximate surface area is 123 Å². The quantitative estimate of drug-likeness (QED) is 0.880. The number of fused-ring (bicyclic) bond motifs is 1. The van der Waals surface area contributed by atoms with Gasteiger partial charge in [0.2, 0.25) is 6.79 Å². The lowest BCUT2D eigenvalue weighted by Gasteiger charge is -2.10. The Hall–Kier alpha value is -2.50. The average molecular weight is 286 g/mol. The molecule has 0 saturated heterocycles. The van der Waals surface area contributed by atoms with Crippen molar-refractivity contribution in [2.75, 3.05) is 24.0 Å². The van der Waals surface area contributed by atoms with E-state index in [0.717, 1.165) is 35.4 Å². The number of anilines is 3. The van der Waals surface area contributed by atoms with Gasteiger partial charge in [0.1, 0.15) is 18.0 Å². The number of ether oxygens (including phenoxy) is 2. The number of nitrogens with one attached hydrogen (secondary N) is 2. The zero-order valence-corrected chi connectivity index (χ0v) is 12.1. The molecule has 2 heterocycles. The summed E-state index contributed by atoms with van der Waals surface area (Å²) in [7, 11) is 0. The number of aromatic nitrogens is 2. The third kappa shape index (κ3) is 3.34. The van der Waals surface area contributed by atoms with Crippen LogP contribution in [0.3, 0.4) is 0 Å². The molecule has 0 aliphatic carbocycles. The second kappa shape index (κ2) is 5.87. The molecule has 3 rings (SSSR count). The van der Waals surface area contributed by atoms with Crippen LogP contribution >= 0.6 is 0 Å². The van der Waals surface area contributed by atoms with E-state index >= 15 is 0 Å². The van der Waals surface area contributed by atoms with Gasteiger partial charge in [-0.1, -0.05) is 13.8 Å². The fourth-order valence-electron chi connectivity index (χ4n) is 1.95. The van der Waals surface area contributed by atoms with E-state index < -0.39 is 0 Å². The van der Waals surface area contributed by atoms with E-state index in [1.165, 1.54) is 6.33 Å². The molecule has 1 aliphatic rings. The first kappa shape index (κ1) is 13.5. The minimum absolute atomic E-state index is 0.273. The summed E-state index contributed by atoms with van der Waals surface area (Å²) in [6.45, 7) is 5.45. The standard InChI is InChI=1S/C15H18N4O2/c1-10(2)7-16-14-6-15(18-8-17-14)19-11-3-4-12-13(5-11)21-9-20-12/h3-6,8,10H,7,9H2,1-2H3,(H2,16,17,18,19). The molecule has 21 heavy (non-hydrogen) atoms. The van der Waals surface area contributed by atoms with Crippen LogP contribution in [0.1, 0.15) is 13.8 Å². The van der Waals surface area contributed by atoms with Gasteiger partial charge in [-0.2, -0.15) is 0 Å². The summed E-state index contributed by atoms with van der Waals surface area (Å²) in [5, 5.41) is 6.51. The second-order valence-electron chi connectivity index (χ2n) is 5.26. The van der Waals surface area contributed by atoms with Gasteiger partial charge < -0.3 is 20.1 Å². The molecule has 1 aromatic carbocycles. The molecule has 0 fully saturated rings. The molecule has 2 N–H and O–H groups in total. The van der Waals surface area contributed by atoms with Crippen molar-refractivity contribution in [3.63, 3.8) is 0 Å². The number of benzene rings is 1. The Kier molecular flexibility index (Phi) is 3.77. The first-order valence-electron chi connectivity index (χ1n) is 6.93. The van der Waals surface area contributed by atoms with E-state index in [1.54, 1.807) is 0 Å². The van der Waals surface area contributed by atoms with E-state index in [-0.39, 0.29) is 6.79 Å². The van der Waals surface area contributed by atoms with Crippen molar-refractivity contribution in [3.8, 4) is 11.5 Å². The van der Waals surface area contributed by atoms with Gasteiger partial charge in [-0.15, -0.1) is 0 Å². The minimum atomic E-state index is 0.273. The Balaban J connectivity index is 1.71. The van der Waals surface area contributed by atoms with E-state index in [4.69, 9.17) is 9.47 Å². The Morgan fingerprint density at radius 3 is 2.76 bits per heavy atom. The van der Waals surface area contributed by atoms with Crippen molar-refractivity contribution in [2.45, 2.75) is 13.8 Å². The van der Waals surface area contributed by atoms with Gasteiger partial charge in [-0.3, -0.25) is 0 Å². The average Bonchev–Trinajstić information content (AvgIpc) is 2.93. The van der Waals surface area contributed by atoms with Crippen LogP contribution in [-0.2, 0) is 0 Å². The minimum Gasteiger partial charge on any atom is -0.454 e. The lowest BCUT2D eigenvalue weighted by Crippen LogP contribution is -2.09. The third-order valence-corrected chi connectivity index (χ3v) is 3.00. The molecule has 6 nitrogen and oxygen atoms in total. The van der Waals surface area contributed by atoms with E-state index in [0.29, 0.717) is 5.92 Å². The Morgan fingerprint density at radius 1 is 1.10 bits per heavy atom. The lowest BCUT2D eigenvalue weighted by atomic mass is 10.2. The van der Waals surface area contributed by atoms with Crippen LogP contribution in [0.2, 0.25) is 0 Å². The van der Waals surface area contributed by atoms with Gasteiger partial charge in [0.25, 0.3) is 0 Å². The lowest BCUT2D eigenvalue weighted by molar-refractivity contribution is 0.174. The number of nitrogens with zero attached hydrogens (tertiary/aromatic N) is 2. The predicted octanol–water partition coefficient (Wildman–Crippen LogP) is 3.02. The molecule has 0 amide bonds. The highest BCUT2D eigenvalue weighted by Crippen LogP contribution is 2.34. The van der Waals surface area contributed by atoms with Crippen LogP contribution in [-0.4, -0.2) is 23.3 Å². The Morgan fingerprint density at radius 2 is 1.90 bits per heavy atom. The van der Waals surface area contributed by atoms with Crippen molar-refractivity contribution in [1.82, 2.24) is 9.97 Å². The maximum absolute atomic E-state index is 5.36. The van der Waals surface area contributed by atoms with Crippen molar-refractivity contribution in [2.24, 2.45) is 5.92 Å². The normalized spacial score (nSPS) is 12.5. The first-order chi connectivity index (χ1) is 10.2. The first-order valence-corrected chi connectivity index (χ1v) is 6.93. The molecule has 1 aliphatic heterocycles. The highest BCUT2D eigenvalue weighted by atomic mass is 16.7. The van der Waals surface area contributed by atoms with Crippen LogP contribution in [0, 0.1) is 5.92 Å². The number of rotatable bonds is 5. The largest absolute Gasteiger partial charge is 0.454 e. The number of hydrogen-bond donors (Lipinski definition) is 2. The summed E-state index contributed by atoms with van der Waals surface area (Å²) in [6, 6.07) is 7.58. The topological polar surface area (TPSA) is 68.3 Å². The summed E-state index contributed by atoms with van der Waals surface area (Å²) in [6.07, 6.45) is 1.54. The van der Waals surface area contributed by atoms with Gasteiger partial charge in [-0.05, 0) is 18.1 Å². The summed E-state index contributed by atoms with van der Waals surface area (Å²) in [5.41, 5.74) is 0.896. The molecule has 2 aromatic rings. The zero-order chi connectivity index (χ0) is 14.7. The van der Waals surface area contributed by atoms with Gasteiger partial charge in [0.05, 0.1) is 0 Å². The SMILES string of the molecule is CC(C)CNc1cc(Nc2ccc3c(c2)OCO3)ncn1. The van der Waals surface area contributed by atoms with Gasteiger partial charge >= 0.3 is 0 Å². The predicted molar refractivity (Wildman–Crippen MR) is 81.2 cm³/mol. The van der Waals surface area contributed by atoms with E-state index in [9.17, 15) is 0 Å². The molecule has 0 saturated carbocycles. The van der Waals surface area contributed by atoms with Gasteiger partial charge in [0.15, 0.2) is 11.5 Å². The molecular formula is C15H18N4O2. The molecular weight excluding hydrogens is 268 g/mol. The molecule has 0 spiro atoms. The van der Waals surface area contributed by atoms with E-state index in [2.05, 4.69) is 34.4 Å². The zero-order valence-electron chi connectivity index (χ0n) is 12.1. The fourth-order valence-corrected chi connectivity index (χ4v) is 1.95. The van der Waals surface area contributed by atoms with Crippen molar-refractivity contribution in [1.29, 1.82) is 0 Å². The van der Waals surface area contributed by atoms with Crippen molar-refractivity contribution in [3.05, 3.63) is 30.6 Å². The van der Waals surface area contributed by atoms with Gasteiger partial charge in [0, 0.05) is 24.4 Å². The highest BCUT2D eigenvalue weighted by Gasteiger charge is 2.13. The van der Waals surface area contributed by atoms with Crippen LogP contribution in [0.15, 0.2) is 30.6 Å². The van der Waals surface area contributed by atoms with Crippen LogP contribution in [0.5, 0.6) is 11.5 Å². The molecule has 0 bridgehead atoms. The number of hydrogen-bond acceptors (Lipinski definition) is 6. The Bertz CT molecular complexity index is 631. The summed E-state index contributed by atoms with van der Waals surface area (Å²) in [4.78, 5) is 8.42. The van der Waals surface area contributed by atoms with Crippen molar-refractivity contribution < 1.29 is 9.47 Å². The third-order valence-electron chi connectivity index (χ3n) is 3.00. The summed E-state index contributed by atoms with van der Waals surface area (Å²) in [5.74, 6) is 3.61. The molecule has 6 heteroatoms. The summed E-state index contributed by atoms with van der Waals surface area (Å²) < 4.78 is 10.6. The van der Waals surface area contributed by atoms with Crippen LogP contribution < -0.4 is 20.1 Å². The van der Waals surface area contributed by atoms with E-state index in [1.807, 2.05) is 24.3 Å². The fraction of sp³-hybridized carbons (Fsp3) is 0.333. The second-order valence-corrected chi connectivity index (χ2v) is 5.26. The maximum Gasteiger partial charge on any atom is 0.231 e. The van der Waals surface area contributed by atoms with Crippen LogP contribution in [0.4, 0.5) is 17.3 Å². The summed E-state index contributed by atoms with van der Waals surface area (Å²) >= 11 is 0. The molecule has 0 atom stereocenters. The molecule has 0 unspecified atom stereocenters. The molecule has 1 aromatic heterocycles.